The first-order valence-corrected chi connectivity index (χ1v) is 8.75. The maximum absolute atomic E-state index is 12.8. The minimum absolute atomic E-state index is 0. The molecule has 5 heteroatoms. The maximum atomic E-state index is 12.8. The minimum atomic E-state index is -0.356. The lowest BCUT2D eigenvalue weighted by molar-refractivity contribution is -0.909. The predicted molar refractivity (Wildman–Crippen MR) is 99.7 cm³/mol. The zero-order valence-corrected chi connectivity index (χ0v) is 18.1. The van der Waals surface area contributed by atoms with Crippen LogP contribution in [0.1, 0.15) is 35.9 Å². The molecule has 1 unspecified atom stereocenters. The molecule has 0 amide bonds. The van der Waals surface area contributed by atoms with E-state index in [0.717, 1.165) is 29.7 Å². The van der Waals surface area contributed by atoms with Crippen LogP contribution in [0.2, 0.25) is 0 Å². The number of carbonyl (C=O) groups excluding carboxylic acids is 1. The first kappa shape index (κ1) is 22.4. The van der Waals surface area contributed by atoms with Crippen LogP contribution in [0, 0.1) is 0 Å². The number of methoxy groups -OCH3 is 1. The second kappa shape index (κ2) is 10.5. The number of hydrogen-bond donors (Lipinski definition) is 0. The molecule has 0 bridgehead atoms. The van der Waals surface area contributed by atoms with Crippen LogP contribution < -0.4 is 28.7 Å². The Morgan fingerprint density at radius 2 is 1.58 bits per heavy atom. The highest BCUT2D eigenvalue weighted by atomic mass is 127. The van der Waals surface area contributed by atoms with E-state index in [2.05, 4.69) is 20.9 Å². The van der Waals surface area contributed by atoms with Crippen LogP contribution in [0.25, 0.3) is 0 Å². The highest BCUT2D eigenvalue weighted by Crippen LogP contribution is 2.25. The van der Waals surface area contributed by atoms with Gasteiger partial charge >= 0.3 is 5.97 Å². The van der Waals surface area contributed by atoms with Crippen molar-refractivity contribution in [2.45, 2.75) is 20.0 Å². The molecule has 0 saturated carbocycles. The first-order valence-electron chi connectivity index (χ1n) is 8.75. The molecule has 0 aliphatic carbocycles. The van der Waals surface area contributed by atoms with E-state index in [4.69, 9.17) is 9.47 Å². The minimum Gasteiger partial charge on any atom is -1.00 e. The number of hydrogen-bond acceptors (Lipinski definition) is 3. The Bertz CT molecular complexity index is 687. The summed E-state index contributed by atoms with van der Waals surface area (Å²) in [5.41, 5.74) is 1.46. The summed E-state index contributed by atoms with van der Waals surface area (Å²) in [7, 11) is 3.75. The fourth-order valence-corrected chi connectivity index (χ4v) is 2.77. The zero-order chi connectivity index (χ0) is 18.3. The smallest absolute Gasteiger partial charge is 0.342 e. The van der Waals surface area contributed by atoms with Gasteiger partial charge < -0.3 is 37.9 Å². The van der Waals surface area contributed by atoms with E-state index >= 15 is 0 Å². The molecule has 0 radical (unpaired) electrons. The highest BCUT2D eigenvalue weighted by Gasteiger charge is 2.28. The third-order valence-corrected chi connectivity index (χ3v) is 4.88. The van der Waals surface area contributed by atoms with Crippen molar-refractivity contribution < 1.29 is 42.7 Å². The molecule has 4 nitrogen and oxygen atoms in total. The van der Waals surface area contributed by atoms with Crippen LogP contribution in [0.15, 0.2) is 54.6 Å². The normalized spacial score (nSPS) is 12.0. The third kappa shape index (κ3) is 5.71. The number of esters is 1. The van der Waals surface area contributed by atoms with Crippen molar-refractivity contribution in [1.29, 1.82) is 0 Å². The summed E-state index contributed by atoms with van der Waals surface area (Å²) in [4.78, 5) is 12.8. The van der Waals surface area contributed by atoms with E-state index < -0.39 is 0 Å². The summed E-state index contributed by atoms with van der Waals surface area (Å²) in [5.74, 6) is 0.174. The van der Waals surface area contributed by atoms with Gasteiger partial charge in [0.1, 0.15) is 17.9 Å². The molecule has 2 rings (SSSR count). The molecule has 0 aromatic heterocycles. The molecule has 0 N–H and O–H groups in total. The SMILES string of the molecule is CC[N+](C)(CC)CC(OC(=O)c1ccccc1OC)c1ccccc1.[I-]. The number of carbonyl (C=O) groups is 1. The number of benzene rings is 2. The van der Waals surface area contributed by atoms with E-state index in [1.54, 1.807) is 19.2 Å². The van der Waals surface area contributed by atoms with Gasteiger partial charge in [-0.2, -0.15) is 0 Å². The van der Waals surface area contributed by atoms with Gasteiger partial charge in [0.2, 0.25) is 0 Å². The summed E-state index contributed by atoms with van der Waals surface area (Å²) in [6.07, 6.45) is -0.302. The molecule has 1 atom stereocenters. The van der Waals surface area contributed by atoms with E-state index in [1.807, 2.05) is 42.5 Å². The fourth-order valence-electron chi connectivity index (χ4n) is 2.77. The van der Waals surface area contributed by atoms with Gasteiger partial charge in [-0.05, 0) is 31.5 Å². The van der Waals surface area contributed by atoms with Crippen molar-refractivity contribution >= 4 is 5.97 Å². The molecule has 0 aliphatic rings. The average molecular weight is 469 g/mol. The van der Waals surface area contributed by atoms with E-state index in [1.165, 1.54) is 0 Å². The molecule has 142 valence electrons. The van der Waals surface area contributed by atoms with Crippen LogP contribution >= 0.6 is 0 Å². The van der Waals surface area contributed by atoms with Crippen LogP contribution in [-0.2, 0) is 4.74 Å². The summed E-state index contributed by atoms with van der Waals surface area (Å²) in [6.45, 7) is 7.01. The predicted octanol–water partition coefficient (Wildman–Crippen LogP) is 1.08. The number of para-hydroxylation sites is 1. The molecule has 2 aromatic rings. The average Bonchev–Trinajstić information content (AvgIpc) is 2.67. The topological polar surface area (TPSA) is 35.5 Å². The molecule has 0 saturated heterocycles. The Hall–Kier alpha value is -1.60. The molecular formula is C21H28INO3. The van der Waals surface area contributed by atoms with Crippen LogP contribution in [0.4, 0.5) is 0 Å². The van der Waals surface area contributed by atoms with E-state index in [-0.39, 0.29) is 36.0 Å². The van der Waals surface area contributed by atoms with Gasteiger partial charge in [0.15, 0.2) is 6.10 Å². The number of halogens is 1. The lowest BCUT2D eigenvalue weighted by Gasteiger charge is -2.35. The summed E-state index contributed by atoms with van der Waals surface area (Å²) in [6, 6.07) is 17.1. The number of likely N-dealkylation sites (N-methyl/N-ethyl adjacent to an activating group) is 1. The Kier molecular flexibility index (Phi) is 9.08. The number of nitrogens with zero attached hydrogens (tertiary/aromatic N) is 1. The second-order valence-corrected chi connectivity index (χ2v) is 6.44. The molecule has 26 heavy (non-hydrogen) atoms. The molecule has 0 fully saturated rings. The Labute approximate surface area is 173 Å². The second-order valence-electron chi connectivity index (χ2n) is 6.44. The maximum Gasteiger partial charge on any atom is 0.342 e. The number of rotatable bonds is 8. The van der Waals surface area contributed by atoms with Crippen molar-refractivity contribution in [3.63, 3.8) is 0 Å². The summed E-state index contributed by atoms with van der Waals surface area (Å²) in [5, 5.41) is 0. The van der Waals surface area contributed by atoms with Crippen LogP contribution in [0.3, 0.4) is 0 Å². The van der Waals surface area contributed by atoms with Gasteiger partial charge in [0.05, 0.1) is 27.2 Å². The van der Waals surface area contributed by atoms with Crippen molar-refractivity contribution in [3.05, 3.63) is 65.7 Å². The molecule has 0 spiro atoms. The Balaban J connectivity index is 0.00000338. The van der Waals surface area contributed by atoms with E-state index in [0.29, 0.717) is 11.3 Å². The summed E-state index contributed by atoms with van der Waals surface area (Å²) >= 11 is 0. The quantitative estimate of drug-likeness (QED) is 0.330. The molecule has 2 aromatic carbocycles. The van der Waals surface area contributed by atoms with Gasteiger partial charge in [-0.1, -0.05) is 42.5 Å². The largest absolute Gasteiger partial charge is 1.00 e. The Morgan fingerprint density at radius 1 is 1.00 bits per heavy atom. The van der Waals surface area contributed by atoms with Crippen molar-refractivity contribution in [2.75, 3.05) is 33.8 Å². The molecular weight excluding hydrogens is 441 g/mol. The van der Waals surface area contributed by atoms with Crippen LogP contribution in [-0.4, -0.2) is 44.2 Å². The van der Waals surface area contributed by atoms with Gasteiger partial charge in [0, 0.05) is 0 Å². The first-order chi connectivity index (χ1) is 12.0. The Morgan fingerprint density at radius 3 is 2.15 bits per heavy atom. The van der Waals surface area contributed by atoms with Gasteiger partial charge in [-0.25, -0.2) is 4.79 Å². The van der Waals surface area contributed by atoms with Gasteiger partial charge in [-0.3, -0.25) is 0 Å². The summed E-state index contributed by atoms with van der Waals surface area (Å²) < 4.78 is 12.1. The van der Waals surface area contributed by atoms with E-state index in [9.17, 15) is 4.79 Å². The van der Waals surface area contributed by atoms with Gasteiger partial charge in [-0.15, -0.1) is 0 Å². The van der Waals surface area contributed by atoms with Crippen molar-refractivity contribution in [3.8, 4) is 5.75 Å². The molecule has 0 heterocycles. The lowest BCUT2D eigenvalue weighted by atomic mass is 10.1. The monoisotopic (exact) mass is 469 g/mol. The number of quaternary nitrogens is 1. The lowest BCUT2D eigenvalue weighted by Crippen LogP contribution is -3.00. The number of ether oxygens (including phenoxy) is 2. The van der Waals surface area contributed by atoms with Crippen molar-refractivity contribution in [1.82, 2.24) is 0 Å². The third-order valence-electron chi connectivity index (χ3n) is 4.88. The van der Waals surface area contributed by atoms with Crippen molar-refractivity contribution in [2.24, 2.45) is 0 Å². The standard InChI is InChI=1S/C21H28NO3.HI/c1-5-22(3,6-2)16-20(17-12-8-7-9-13-17)25-21(23)18-14-10-11-15-19(18)24-4;/h7-15,20H,5-6,16H2,1-4H3;1H/q+1;/p-1. The van der Waals surface area contributed by atoms with Crippen LogP contribution in [0.5, 0.6) is 5.75 Å². The highest BCUT2D eigenvalue weighted by molar-refractivity contribution is 5.92. The fraction of sp³-hybridized carbons (Fsp3) is 0.381. The van der Waals surface area contributed by atoms with Gasteiger partial charge in [0.25, 0.3) is 0 Å². The molecule has 0 aliphatic heterocycles. The zero-order valence-electron chi connectivity index (χ0n) is 15.9.